The van der Waals surface area contributed by atoms with Crippen LogP contribution in [0, 0.1) is 6.92 Å². The van der Waals surface area contributed by atoms with Crippen LogP contribution in [0.4, 0.5) is 0 Å². The fourth-order valence-electron chi connectivity index (χ4n) is 1.62. The fraction of sp³-hybridized carbons (Fsp3) is 0.308. The van der Waals surface area contributed by atoms with E-state index in [1.54, 1.807) is 11.3 Å². The Balaban J connectivity index is 1.95. The van der Waals surface area contributed by atoms with E-state index in [0.717, 1.165) is 22.3 Å². The predicted molar refractivity (Wildman–Crippen MR) is 73.6 cm³/mol. The molecule has 2 rings (SSSR count). The molecular weight excluding hydrogens is 252 g/mol. The van der Waals surface area contributed by atoms with E-state index in [9.17, 15) is 0 Å². The number of rotatable bonds is 4. The quantitative estimate of drug-likeness (QED) is 0.906. The third-order valence-electron chi connectivity index (χ3n) is 2.57. The molecule has 0 aliphatic carbocycles. The van der Waals surface area contributed by atoms with Crippen molar-refractivity contribution >= 4 is 22.9 Å². The molecular formula is C13H15ClN2S. The van der Waals surface area contributed by atoms with Gasteiger partial charge in [-0.3, -0.25) is 0 Å². The Labute approximate surface area is 111 Å². The maximum atomic E-state index is 5.97. The molecule has 17 heavy (non-hydrogen) atoms. The first kappa shape index (κ1) is 12.6. The molecule has 0 aliphatic heterocycles. The molecule has 4 heteroatoms. The first-order valence-electron chi connectivity index (χ1n) is 5.55. The van der Waals surface area contributed by atoms with E-state index >= 15 is 0 Å². The van der Waals surface area contributed by atoms with Crippen LogP contribution < -0.4 is 5.32 Å². The summed E-state index contributed by atoms with van der Waals surface area (Å²) >= 11 is 7.66. The average Bonchev–Trinajstić information content (AvgIpc) is 2.72. The van der Waals surface area contributed by atoms with E-state index in [4.69, 9.17) is 11.6 Å². The van der Waals surface area contributed by atoms with Gasteiger partial charge in [0.1, 0.15) is 5.01 Å². The molecule has 1 unspecified atom stereocenters. The van der Waals surface area contributed by atoms with Gasteiger partial charge in [-0.05, 0) is 31.5 Å². The van der Waals surface area contributed by atoms with Crippen molar-refractivity contribution in [2.75, 3.05) is 0 Å². The molecule has 0 saturated heterocycles. The van der Waals surface area contributed by atoms with Gasteiger partial charge < -0.3 is 5.32 Å². The molecule has 2 aromatic rings. The lowest BCUT2D eigenvalue weighted by molar-refractivity contribution is 0.573. The minimum absolute atomic E-state index is 0.276. The molecule has 0 aliphatic rings. The Bertz CT molecular complexity index is 496. The van der Waals surface area contributed by atoms with Gasteiger partial charge in [0.2, 0.25) is 0 Å². The number of aromatic nitrogens is 1. The van der Waals surface area contributed by atoms with Crippen molar-refractivity contribution in [3.05, 3.63) is 50.9 Å². The topological polar surface area (TPSA) is 24.9 Å². The van der Waals surface area contributed by atoms with E-state index in [-0.39, 0.29) is 6.04 Å². The largest absolute Gasteiger partial charge is 0.304 e. The summed E-state index contributed by atoms with van der Waals surface area (Å²) in [4.78, 5) is 4.42. The van der Waals surface area contributed by atoms with Crippen LogP contribution in [0.2, 0.25) is 5.02 Å². The molecule has 1 heterocycles. The minimum Gasteiger partial charge on any atom is -0.304 e. The Hall–Kier alpha value is -0.900. The van der Waals surface area contributed by atoms with E-state index in [0.29, 0.717) is 0 Å². The second-order valence-electron chi connectivity index (χ2n) is 4.04. The van der Waals surface area contributed by atoms with Crippen molar-refractivity contribution in [1.82, 2.24) is 10.3 Å². The predicted octanol–water partition coefficient (Wildman–Crippen LogP) is 3.96. The van der Waals surface area contributed by atoms with Crippen LogP contribution in [0.15, 0.2) is 29.6 Å². The molecule has 2 nitrogen and oxygen atoms in total. The number of hydrogen-bond donors (Lipinski definition) is 1. The zero-order valence-corrected chi connectivity index (χ0v) is 11.5. The minimum atomic E-state index is 0.276. The molecule has 0 fully saturated rings. The highest BCUT2D eigenvalue weighted by Crippen LogP contribution is 2.18. The molecule has 0 bridgehead atoms. The normalized spacial score (nSPS) is 12.6. The first-order chi connectivity index (χ1) is 8.15. The van der Waals surface area contributed by atoms with Gasteiger partial charge in [0.05, 0.1) is 0 Å². The SMILES string of the molecule is Cc1csc(CNC(C)c2cccc(Cl)c2)n1. The van der Waals surface area contributed by atoms with E-state index in [1.165, 1.54) is 5.56 Å². The van der Waals surface area contributed by atoms with Crippen molar-refractivity contribution in [2.24, 2.45) is 0 Å². The number of halogens is 1. The van der Waals surface area contributed by atoms with Gasteiger partial charge in [-0.1, -0.05) is 23.7 Å². The maximum Gasteiger partial charge on any atom is 0.107 e. The van der Waals surface area contributed by atoms with E-state index in [2.05, 4.69) is 28.7 Å². The van der Waals surface area contributed by atoms with Crippen LogP contribution in [0.1, 0.15) is 29.2 Å². The van der Waals surface area contributed by atoms with E-state index < -0.39 is 0 Å². The van der Waals surface area contributed by atoms with Gasteiger partial charge >= 0.3 is 0 Å². The molecule has 90 valence electrons. The van der Waals surface area contributed by atoms with Crippen molar-refractivity contribution in [3.63, 3.8) is 0 Å². The van der Waals surface area contributed by atoms with Crippen LogP contribution in [0.25, 0.3) is 0 Å². The monoisotopic (exact) mass is 266 g/mol. The highest BCUT2D eigenvalue weighted by molar-refractivity contribution is 7.09. The van der Waals surface area contributed by atoms with Crippen LogP contribution in [-0.2, 0) is 6.54 Å². The standard InChI is InChI=1S/C13H15ClN2S/c1-9-8-17-13(16-9)7-15-10(2)11-4-3-5-12(14)6-11/h3-6,8,10,15H,7H2,1-2H3. The summed E-state index contributed by atoms with van der Waals surface area (Å²) in [5, 5.41) is 7.42. The van der Waals surface area contributed by atoms with Crippen LogP contribution >= 0.6 is 22.9 Å². The Morgan fingerprint density at radius 2 is 2.29 bits per heavy atom. The van der Waals surface area contributed by atoms with Gasteiger partial charge in [0, 0.05) is 28.7 Å². The zero-order valence-electron chi connectivity index (χ0n) is 9.90. The van der Waals surface area contributed by atoms with Crippen LogP contribution in [0.3, 0.4) is 0 Å². The Morgan fingerprint density at radius 1 is 1.47 bits per heavy atom. The number of thiazole rings is 1. The Morgan fingerprint density at radius 3 is 2.94 bits per heavy atom. The molecule has 0 saturated carbocycles. The highest BCUT2D eigenvalue weighted by atomic mass is 35.5. The van der Waals surface area contributed by atoms with Gasteiger partial charge in [-0.15, -0.1) is 11.3 Å². The lowest BCUT2D eigenvalue weighted by Crippen LogP contribution is -2.17. The fourth-order valence-corrected chi connectivity index (χ4v) is 2.54. The summed E-state index contributed by atoms with van der Waals surface area (Å²) in [7, 11) is 0. The molecule has 0 spiro atoms. The number of aryl methyl sites for hydroxylation is 1. The maximum absolute atomic E-state index is 5.97. The van der Waals surface area contributed by atoms with Crippen LogP contribution in [-0.4, -0.2) is 4.98 Å². The van der Waals surface area contributed by atoms with Crippen molar-refractivity contribution in [1.29, 1.82) is 0 Å². The third-order valence-corrected chi connectivity index (χ3v) is 3.78. The molecule has 1 aromatic heterocycles. The van der Waals surface area contributed by atoms with E-state index in [1.807, 2.05) is 25.1 Å². The number of nitrogens with zero attached hydrogens (tertiary/aromatic N) is 1. The summed E-state index contributed by atoms with van der Waals surface area (Å²) in [6.07, 6.45) is 0. The summed E-state index contributed by atoms with van der Waals surface area (Å²) in [6.45, 7) is 4.94. The lowest BCUT2D eigenvalue weighted by atomic mass is 10.1. The third kappa shape index (κ3) is 3.53. The van der Waals surface area contributed by atoms with Crippen molar-refractivity contribution in [3.8, 4) is 0 Å². The summed E-state index contributed by atoms with van der Waals surface area (Å²) in [5.74, 6) is 0. The summed E-state index contributed by atoms with van der Waals surface area (Å²) in [5.41, 5.74) is 2.29. The van der Waals surface area contributed by atoms with Gasteiger partial charge in [-0.25, -0.2) is 4.98 Å². The van der Waals surface area contributed by atoms with Gasteiger partial charge in [-0.2, -0.15) is 0 Å². The molecule has 0 amide bonds. The van der Waals surface area contributed by atoms with Crippen LogP contribution in [0.5, 0.6) is 0 Å². The zero-order chi connectivity index (χ0) is 12.3. The molecule has 1 aromatic carbocycles. The number of benzene rings is 1. The molecule has 1 atom stereocenters. The number of nitrogens with one attached hydrogen (secondary N) is 1. The van der Waals surface area contributed by atoms with Crippen molar-refractivity contribution in [2.45, 2.75) is 26.4 Å². The first-order valence-corrected chi connectivity index (χ1v) is 6.81. The average molecular weight is 267 g/mol. The second-order valence-corrected chi connectivity index (χ2v) is 5.42. The summed E-state index contributed by atoms with van der Waals surface area (Å²) < 4.78 is 0. The lowest BCUT2D eigenvalue weighted by Gasteiger charge is -2.13. The Kier molecular flexibility index (Phi) is 4.15. The van der Waals surface area contributed by atoms with Gasteiger partial charge in [0.15, 0.2) is 0 Å². The summed E-state index contributed by atoms with van der Waals surface area (Å²) in [6, 6.07) is 8.21. The molecule has 1 N–H and O–H groups in total. The number of hydrogen-bond acceptors (Lipinski definition) is 3. The highest BCUT2D eigenvalue weighted by Gasteiger charge is 2.06. The van der Waals surface area contributed by atoms with Gasteiger partial charge in [0.25, 0.3) is 0 Å². The molecule has 0 radical (unpaired) electrons. The van der Waals surface area contributed by atoms with Crippen molar-refractivity contribution < 1.29 is 0 Å². The smallest absolute Gasteiger partial charge is 0.107 e. The second kappa shape index (κ2) is 5.63.